The van der Waals surface area contributed by atoms with E-state index < -0.39 is 0 Å². The predicted molar refractivity (Wildman–Crippen MR) is 70.0 cm³/mol. The molecule has 2 amide bonds. The van der Waals surface area contributed by atoms with Crippen LogP contribution < -0.4 is 0 Å². The molecule has 18 heavy (non-hydrogen) atoms. The van der Waals surface area contributed by atoms with E-state index in [9.17, 15) is 9.59 Å². The Morgan fingerprint density at radius 3 is 2.22 bits per heavy atom. The van der Waals surface area contributed by atoms with Gasteiger partial charge in [0.25, 0.3) is 0 Å². The van der Waals surface area contributed by atoms with Gasteiger partial charge in [-0.2, -0.15) is 0 Å². The molecule has 2 fully saturated rings. The Kier molecular flexibility index (Phi) is 4.25. The van der Waals surface area contributed by atoms with Gasteiger partial charge in [0.2, 0.25) is 11.8 Å². The highest BCUT2D eigenvalue weighted by molar-refractivity contribution is 5.79. The van der Waals surface area contributed by atoms with Gasteiger partial charge in [-0.15, -0.1) is 0 Å². The number of hydrogen-bond donors (Lipinski definition) is 0. The second-order valence-corrected chi connectivity index (χ2v) is 5.81. The average Bonchev–Trinajstić information content (AvgIpc) is 2.38. The summed E-state index contributed by atoms with van der Waals surface area (Å²) in [5, 5.41) is 0. The van der Waals surface area contributed by atoms with Crippen molar-refractivity contribution in [2.45, 2.75) is 39.5 Å². The van der Waals surface area contributed by atoms with Gasteiger partial charge in [-0.1, -0.05) is 6.92 Å². The number of nitrogens with zero attached hydrogens (tertiary/aromatic N) is 2. The molecule has 0 aliphatic carbocycles. The minimum Gasteiger partial charge on any atom is -0.343 e. The van der Waals surface area contributed by atoms with Gasteiger partial charge in [-0.05, 0) is 31.6 Å². The van der Waals surface area contributed by atoms with Crippen LogP contribution in [0.4, 0.5) is 0 Å². The first kappa shape index (κ1) is 13.4. The van der Waals surface area contributed by atoms with Gasteiger partial charge < -0.3 is 9.80 Å². The number of carbonyl (C=O) groups is 2. The number of likely N-dealkylation sites (tertiary alicyclic amines) is 2. The smallest absolute Gasteiger partial charge is 0.225 e. The largest absolute Gasteiger partial charge is 0.343 e. The molecule has 2 heterocycles. The molecule has 0 N–H and O–H groups in total. The predicted octanol–water partition coefficient (Wildman–Crippen LogP) is 1.50. The lowest BCUT2D eigenvalue weighted by atomic mass is 9.93. The molecule has 0 spiro atoms. The van der Waals surface area contributed by atoms with E-state index in [1.807, 2.05) is 9.80 Å². The lowest BCUT2D eigenvalue weighted by Gasteiger charge is -2.36. The molecule has 0 aromatic rings. The molecule has 2 aliphatic heterocycles. The van der Waals surface area contributed by atoms with Crippen LogP contribution in [0, 0.1) is 11.8 Å². The minimum absolute atomic E-state index is 0.132. The van der Waals surface area contributed by atoms with Crippen LogP contribution in [0.3, 0.4) is 0 Å². The molecule has 0 bridgehead atoms. The molecule has 2 saturated heterocycles. The van der Waals surface area contributed by atoms with Crippen molar-refractivity contribution < 1.29 is 9.59 Å². The number of carbonyl (C=O) groups excluding carboxylic acids is 2. The van der Waals surface area contributed by atoms with Crippen LogP contribution in [0.15, 0.2) is 0 Å². The van der Waals surface area contributed by atoms with Crippen molar-refractivity contribution in [2.24, 2.45) is 11.8 Å². The highest BCUT2D eigenvalue weighted by Gasteiger charge is 2.30. The van der Waals surface area contributed by atoms with Crippen molar-refractivity contribution in [3.05, 3.63) is 0 Å². The van der Waals surface area contributed by atoms with Gasteiger partial charge in [0, 0.05) is 39.0 Å². The molecule has 1 atom stereocenters. The topological polar surface area (TPSA) is 40.6 Å². The van der Waals surface area contributed by atoms with E-state index >= 15 is 0 Å². The second kappa shape index (κ2) is 5.72. The van der Waals surface area contributed by atoms with Gasteiger partial charge in [-0.3, -0.25) is 9.59 Å². The zero-order chi connectivity index (χ0) is 13.1. The maximum absolute atomic E-state index is 12.4. The van der Waals surface area contributed by atoms with Crippen LogP contribution >= 0.6 is 0 Å². The Hall–Kier alpha value is -1.06. The second-order valence-electron chi connectivity index (χ2n) is 5.81. The molecule has 2 rings (SSSR count). The molecule has 0 aromatic heterocycles. The van der Waals surface area contributed by atoms with E-state index in [-0.39, 0.29) is 11.8 Å². The molecule has 102 valence electrons. The van der Waals surface area contributed by atoms with E-state index in [1.54, 1.807) is 6.92 Å². The summed E-state index contributed by atoms with van der Waals surface area (Å²) in [6.45, 7) is 7.17. The first-order valence-corrected chi connectivity index (χ1v) is 7.12. The summed E-state index contributed by atoms with van der Waals surface area (Å²) in [5.41, 5.74) is 0. The molecule has 0 radical (unpaired) electrons. The number of amides is 2. The summed E-state index contributed by atoms with van der Waals surface area (Å²) in [6, 6.07) is 0. The van der Waals surface area contributed by atoms with E-state index in [1.165, 1.54) is 6.42 Å². The number of rotatable bonds is 1. The minimum atomic E-state index is 0.132. The van der Waals surface area contributed by atoms with Gasteiger partial charge in [0.15, 0.2) is 0 Å². The van der Waals surface area contributed by atoms with Crippen molar-refractivity contribution in [1.82, 2.24) is 9.80 Å². The van der Waals surface area contributed by atoms with Crippen molar-refractivity contribution in [1.29, 1.82) is 0 Å². The molecule has 0 aromatic carbocycles. The highest BCUT2D eigenvalue weighted by Crippen LogP contribution is 2.23. The van der Waals surface area contributed by atoms with Crippen LogP contribution in [-0.2, 0) is 9.59 Å². The number of hydrogen-bond acceptors (Lipinski definition) is 2. The van der Waals surface area contributed by atoms with Crippen molar-refractivity contribution in [2.75, 3.05) is 26.2 Å². The fourth-order valence-electron chi connectivity index (χ4n) is 3.09. The summed E-state index contributed by atoms with van der Waals surface area (Å²) >= 11 is 0. The zero-order valence-electron chi connectivity index (χ0n) is 11.5. The van der Waals surface area contributed by atoms with Crippen LogP contribution in [0.25, 0.3) is 0 Å². The summed E-state index contributed by atoms with van der Waals surface area (Å²) in [7, 11) is 0. The van der Waals surface area contributed by atoms with Crippen LogP contribution in [0.1, 0.15) is 39.5 Å². The maximum atomic E-state index is 12.4. The Labute approximate surface area is 109 Å². The third-order valence-corrected chi connectivity index (χ3v) is 4.26. The lowest BCUT2D eigenvalue weighted by molar-refractivity contribution is -0.141. The quantitative estimate of drug-likeness (QED) is 0.709. The fraction of sp³-hybridized carbons (Fsp3) is 0.857. The summed E-state index contributed by atoms with van der Waals surface area (Å²) in [4.78, 5) is 27.5. The van der Waals surface area contributed by atoms with E-state index in [2.05, 4.69) is 6.92 Å². The molecular weight excluding hydrogens is 228 g/mol. The van der Waals surface area contributed by atoms with Crippen LogP contribution in [0.2, 0.25) is 0 Å². The van der Waals surface area contributed by atoms with Gasteiger partial charge >= 0.3 is 0 Å². The third-order valence-electron chi connectivity index (χ3n) is 4.26. The van der Waals surface area contributed by atoms with Crippen molar-refractivity contribution >= 4 is 11.8 Å². The highest BCUT2D eigenvalue weighted by atomic mass is 16.2. The lowest BCUT2D eigenvalue weighted by Crippen LogP contribution is -2.46. The Morgan fingerprint density at radius 1 is 1.00 bits per heavy atom. The molecule has 0 saturated carbocycles. The molecule has 2 aliphatic rings. The monoisotopic (exact) mass is 252 g/mol. The summed E-state index contributed by atoms with van der Waals surface area (Å²) < 4.78 is 0. The number of piperidine rings is 2. The summed E-state index contributed by atoms with van der Waals surface area (Å²) in [6.07, 6.45) is 4.05. The van der Waals surface area contributed by atoms with E-state index in [0.29, 0.717) is 11.8 Å². The maximum Gasteiger partial charge on any atom is 0.225 e. The normalized spacial score (nSPS) is 26.2. The van der Waals surface area contributed by atoms with Gasteiger partial charge in [0.1, 0.15) is 0 Å². The van der Waals surface area contributed by atoms with Crippen molar-refractivity contribution in [3.63, 3.8) is 0 Å². The Bertz CT molecular complexity index is 322. The van der Waals surface area contributed by atoms with Crippen LogP contribution in [-0.4, -0.2) is 47.8 Å². The first-order chi connectivity index (χ1) is 8.58. The molecule has 4 heteroatoms. The first-order valence-electron chi connectivity index (χ1n) is 7.12. The third kappa shape index (κ3) is 3.03. The molecule has 4 nitrogen and oxygen atoms in total. The fourth-order valence-corrected chi connectivity index (χ4v) is 3.09. The molecule has 0 unspecified atom stereocenters. The zero-order valence-corrected chi connectivity index (χ0v) is 11.5. The standard InChI is InChI=1S/C14H24N2O2/c1-11-4-3-7-16(10-11)14(18)13-5-8-15(9-6-13)12(2)17/h11,13H,3-10H2,1-2H3/t11-/m1/s1. The Morgan fingerprint density at radius 2 is 1.67 bits per heavy atom. The Balaban J connectivity index is 1.85. The SMILES string of the molecule is CC(=O)N1CCC(C(=O)N2CCC[C@@H](C)C2)CC1. The molecular formula is C14H24N2O2. The van der Waals surface area contributed by atoms with E-state index in [0.717, 1.165) is 45.4 Å². The average molecular weight is 252 g/mol. The van der Waals surface area contributed by atoms with E-state index in [4.69, 9.17) is 0 Å². The van der Waals surface area contributed by atoms with Crippen LogP contribution in [0.5, 0.6) is 0 Å². The van der Waals surface area contributed by atoms with Gasteiger partial charge in [0.05, 0.1) is 0 Å². The van der Waals surface area contributed by atoms with Crippen molar-refractivity contribution in [3.8, 4) is 0 Å². The summed E-state index contributed by atoms with van der Waals surface area (Å²) in [5.74, 6) is 1.24. The van der Waals surface area contributed by atoms with Gasteiger partial charge in [-0.25, -0.2) is 0 Å².